The molecule has 0 fully saturated rings. The molecule has 100 valence electrons. The van der Waals surface area contributed by atoms with Crippen LogP contribution in [0.1, 0.15) is 25.0 Å². The smallest absolute Gasteiger partial charge is 0.141 e. The van der Waals surface area contributed by atoms with E-state index in [1.807, 2.05) is 49.4 Å². The molecule has 2 nitrogen and oxygen atoms in total. The van der Waals surface area contributed by atoms with Gasteiger partial charge in [0.2, 0.25) is 0 Å². The third kappa shape index (κ3) is 3.81. The van der Waals surface area contributed by atoms with Crippen molar-refractivity contribution in [2.24, 2.45) is 0 Å². The highest BCUT2D eigenvalue weighted by atomic mass is 79.9. The normalized spacial score (nSPS) is 12.2. The predicted octanol–water partition coefficient (Wildman–Crippen LogP) is 5.45. The molecule has 2 aromatic rings. The molecule has 2 aromatic carbocycles. The first-order valence-electron chi connectivity index (χ1n) is 6.01. The van der Waals surface area contributed by atoms with Gasteiger partial charge < -0.3 is 9.84 Å². The summed E-state index contributed by atoms with van der Waals surface area (Å²) in [5, 5.41) is 9.73. The van der Waals surface area contributed by atoms with Gasteiger partial charge in [0, 0.05) is 4.47 Å². The topological polar surface area (TPSA) is 29.5 Å². The van der Waals surface area contributed by atoms with Crippen LogP contribution in [0.5, 0.6) is 11.5 Å². The fourth-order valence-corrected chi connectivity index (χ4v) is 2.81. The van der Waals surface area contributed by atoms with E-state index in [2.05, 4.69) is 31.9 Å². The lowest BCUT2D eigenvalue weighted by molar-refractivity contribution is 0.173. The van der Waals surface area contributed by atoms with E-state index < -0.39 is 6.10 Å². The third-order valence-corrected chi connectivity index (χ3v) is 3.89. The van der Waals surface area contributed by atoms with Gasteiger partial charge in [0.1, 0.15) is 11.5 Å². The molecular weight excluding hydrogens is 372 g/mol. The summed E-state index contributed by atoms with van der Waals surface area (Å²) < 4.78 is 7.67. The van der Waals surface area contributed by atoms with Crippen LogP contribution in [-0.2, 0) is 0 Å². The molecule has 0 heterocycles. The lowest BCUT2D eigenvalue weighted by Crippen LogP contribution is -1.94. The number of benzene rings is 2. The molecule has 2 rings (SSSR count). The van der Waals surface area contributed by atoms with Crippen LogP contribution in [0.3, 0.4) is 0 Å². The summed E-state index contributed by atoms with van der Waals surface area (Å²) in [6, 6.07) is 13.3. The van der Waals surface area contributed by atoms with Crippen LogP contribution in [0.15, 0.2) is 51.4 Å². The van der Waals surface area contributed by atoms with E-state index in [1.54, 1.807) is 0 Å². The zero-order chi connectivity index (χ0) is 13.8. The van der Waals surface area contributed by atoms with Crippen molar-refractivity contribution in [2.75, 3.05) is 0 Å². The van der Waals surface area contributed by atoms with Crippen molar-refractivity contribution in [1.29, 1.82) is 0 Å². The van der Waals surface area contributed by atoms with Gasteiger partial charge in [0.25, 0.3) is 0 Å². The molecule has 19 heavy (non-hydrogen) atoms. The van der Waals surface area contributed by atoms with Gasteiger partial charge >= 0.3 is 0 Å². The number of ether oxygens (including phenoxy) is 1. The van der Waals surface area contributed by atoms with Gasteiger partial charge in [-0.15, -0.1) is 0 Å². The number of hydrogen-bond donors (Lipinski definition) is 1. The molecule has 1 N–H and O–H groups in total. The maximum absolute atomic E-state index is 9.73. The average molecular weight is 386 g/mol. The maximum Gasteiger partial charge on any atom is 0.141 e. The number of rotatable bonds is 4. The lowest BCUT2D eigenvalue weighted by atomic mass is 10.1. The Morgan fingerprint density at radius 1 is 1.11 bits per heavy atom. The molecule has 0 amide bonds. The zero-order valence-electron chi connectivity index (χ0n) is 10.4. The average Bonchev–Trinajstić information content (AvgIpc) is 2.42. The standard InChI is InChI=1S/C15H14Br2O2/c1-2-14(18)10-3-6-12(7-4-10)19-15-8-5-11(16)9-13(15)17/h3-9,14,18H,2H2,1H3. The fourth-order valence-electron chi connectivity index (χ4n) is 1.68. The Bertz CT molecular complexity index is 553. The quantitative estimate of drug-likeness (QED) is 0.758. The van der Waals surface area contributed by atoms with E-state index in [4.69, 9.17) is 4.74 Å². The van der Waals surface area contributed by atoms with Crippen molar-refractivity contribution < 1.29 is 9.84 Å². The largest absolute Gasteiger partial charge is 0.456 e. The van der Waals surface area contributed by atoms with Crippen molar-refractivity contribution in [2.45, 2.75) is 19.4 Å². The summed E-state index contributed by atoms with van der Waals surface area (Å²) in [7, 11) is 0. The number of halogens is 2. The van der Waals surface area contributed by atoms with Crippen LogP contribution in [0.2, 0.25) is 0 Å². The fraction of sp³-hybridized carbons (Fsp3) is 0.200. The van der Waals surface area contributed by atoms with E-state index in [9.17, 15) is 5.11 Å². The second kappa shape index (κ2) is 6.55. The zero-order valence-corrected chi connectivity index (χ0v) is 13.6. The summed E-state index contributed by atoms with van der Waals surface area (Å²) in [5.41, 5.74) is 0.907. The van der Waals surface area contributed by atoms with E-state index in [-0.39, 0.29) is 0 Å². The highest BCUT2D eigenvalue weighted by Gasteiger charge is 2.06. The van der Waals surface area contributed by atoms with Gasteiger partial charge in [-0.2, -0.15) is 0 Å². The van der Waals surface area contributed by atoms with Gasteiger partial charge in [-0.05, 0) is 58.2 Å². The minimum absolute atomic E-state index is 0.409. The first-order chi connectivity index (χ1) is 9.10. The van der Waals surface area contributed by atoms with Crippen molar-refractivity contribution in [3.63, 3.8) is 0 Å². The van der Waals surface area contributed by atoms with E-state index in [0.29, 0.717) is 6.42 Å². The molecule has 4 heteroatoms. The summed E-state index contributed by atoms with van der Waals surface area (Å²) in [5.74, 6) is 1.50. The second-order valence-electron chi connectivity index (χ2n) is 4.17. The minimum atomic E-state index is -0.409. The van der Waals surface area contributed by atoms with Gasteiger partial charge in [0.05, 0.1) is 10.6 Å². The lowest BCUT2D eigenvalue weighted by Gasteiger charge is -2.11. The minimum Gasteiger partial charge on any atom is -0.456 e. The van der Waals surface area contributed by atoms with Crippen LogP contribution in [-0.4, -0.2) is 5.11 Å². The Hall–Kier alpha value is -0.840. The molecule has 0 saturated carbocycles. The first-order valence-corrected chi connectivity index (χ1v) is 7.59. The van der Waals surface area contributed by atoms with Crippen molar-refractivity contribution in [3.05, 3.63) is 57.0 Å². The Morgan fingerprint density at radius 3 is 2.37 bits per heavy atom. The molecule has 0 aliphatic rings. The predicted molar refractivity (Wildman–Crippen MR) is 83.6 cm³/mol. The van der Waals surface area contributed by atoms with Gasteiger partial charge in [0.15, 0.2) is 0 Å². The summed E-state index contributed by atoms with van der Waals surface area (Å²) in [6.45, 7) is 1.95. The molecule has 1 unspecified atom stereocenters. The molecule has 0 aliphatic heterocycles. The molecule has 0 bridgehead atoms. The number of aliphatic hydroxyl groups excluding tert-OH is 1. The summed E-state index contributed by atoms with van der Waals surface area (Å²) in [4.78, 5) is 0. The summed E-state index contributed by atoms with van der Waals surface area (Å²) >= 11 is 6.86. The van der Waals surface area contributed by atoms with Crippen LogP contribution in [0.4, 0.5) is 0 Å². The van der Waals surface area contributed by atoms with Gasteiger partial charge in [-0.3, -0.25) is 0 Å². The highest BCUT2D eigenvalue weighted by Crippen LogP contribution is 2.32. The molecule has 0 aliphatic carbocycles. The number of aliphatic hydroxyl groups is 1. The molecular formula is C15H14Br2O2. The van der Waals surface area contributed by atoms with Crippen LogP contribution in [0.25, 0.3) is 0 Å². The van der Waals surface area contributed by atoms with E-state index in [0.717, 1.165) is 26.0 Å². The molecule has 0 aromatic heterocycles. The van der Waals surface area contributed by atoms with Crippen LogP contribution in [0, 0.1) is 0 Å². The summed E-state index contributed by atoms with van der Waals surface area (Å²) in [6.07, 6.45) is 0.298. The Labute approximate surface area is 129 Å². The molecule has 0 radical (unpaired) electrons. The molecule has 0 spiro atoms. The third-order valence-electron chi connectivity index (χ3n) is 2.77. The van der Waals surface area contributed by atoms with E-state index >= 15 is 0 Å². The molecule has 1 atom stereocenters. The Balaban J connectivity index is 2.15. The molecule has 0 saturated heterocycles. The first kappa shape index (κ1) is 14.6. The van der Waals surface area contributed by atoms with Crippen LogP contribution >= 0.6 is 31.9 Å². The second-order valence-corrected chi connectivity index (χ2v) is 5.94. The van der Waals surface area contributed by atoms with Gasteiger partial charge in [-0.1, -0.05) is 35.0 Å². The van der Waals surface area contributed by atoms with Gasteiger partial charge in [-0.25, -0.2) is 0 Å². The van der Waals surface area contributed by atoms with E-state index in [1.165, 1.54) is 0 Å². The Kier molecular flexibility index (Phi) is 5.02. The van der Waals surface area contributed by atoms with Crippen molar-refractivity contribution in [3.8, 4) is 11.5 Å². The van der Waals surface area contributed by atoms with Crippen LogP contribution < -0.4 is 4.74 Å². The SMILES string of the molecule is CCC(O)c1ccc(Oc2ccc(Br)cc2Br)cc1. The Morgan fingerprint density at radius 2 is 1.79 bits per heavy atom. The van der Waals surface area contributed by atoms with Crippen molar-refractivity contribution >= 4 is 31.9 Å². The maximum atomic E-state index is 9.73. The highest BCUT2D eigenvalue weighted by molar-refractivity contribution is 9.11. The monoisotopic (exact) mass is 384 g/mol. The van der Waals surface area contributed by atoms with Crippen molar-refractivity contribution in [1.82, 2.24) is 0 Å². The number of hydrogen-bond acceptors (Lipinski definition) is 2.